The normalized spacial score (nSPS) is 8.67. The summed E-state index contributed by atoms with van der Waals surface area (Å²) in [5.74, 6) is 0. The van der Waals surface area contributed by atoms with E-state index in [0.717, 1.165) is 5.69 Å². The molecular weight excluding hydrogens is 252 g/mol. The number of aromatic nitrogens is 2. The number of thiazole rings is 2. The number of hydrogen-bond acceptors (Lipinski definition) is 6. The number of rotatable bonds is 0. The molecule has 0 aliphatic carbocycles. The van der Waals surface area contributed by atoms with Gasteiger partial charge in [0.2, 0.25) is 0 Å². The first-order chi connectivity index (χ1) is 6.59. The lowest BCUT2D eigenvalue weighted by Gasteiger charge is -1.77. The molecule has 4 nitrogen and oxygen atoms in total. The number of halogens is 1. The van der Waals surface area contributed by atoms with E-state index in [1.54, 1.807) is 6.20 Å². The van der Waals surface area contributed by atoms with Crippen molar-refractivity contribution in [2.24, 2.45) is 0 Å². The van der Waals surface area contributed by atoms with Gasteiger partial charge in [-0.15, -0.1) is 35.1 Å². The lowest BCUT2D eigenvalue weighted by molar-refractivity contribution is 1.24. The van der Waals surface area contributed by atoms with Gasteiger partial charge in [-0.1, -0.05) is 0 Å². The van der Waals surface area contributed by atoms with Gasteiger partial charge in [0.25, 0.3) is 0 Å². The molecule has 0 aliphatic heterocycles. The van der Waals surface area contributed by atoms with E-state index < -0.39 is 0 Å². The molecule has 84 valence electrons. The van der Waals surface area contributed by atoms with Crippen LogP contribution in [0, 0.1) is 13.8 Å². The monoisotopic (exact) mass is 264 g/mol. The molecule has 0 radical (unpaired) electrons. The summed E-state index contributed by atoms with van der Waals surface area (Å²) in [5, 5.41) is 3.14. The minimum absolute atomic E-state index is 0. The third kappa shape index (κ3) is 4.96. The van der Waals surface area contributed by atoms with Crippen LogP contribution < -0.4 is 11.5 Å². The quantitative estimate of drug-likeness (QED) is 0.766. The molecule has 0 aromatic carbocycles. The topological polar surface area (TPSA) is 77.8 Å². The molecule has 0 unspecified atom stereocenters. The van der Waals surface area contributed by atoms with Crippen molar-refractivity contribution >= 4 is 45.3 Å². The smallest absolute Gasteiger partial charge is 0.180 e. The fourth-order valence-electron chi connectivity index (χ4n) is 0.732. The predicted molar refractivity (Wildman–Crippen MR) is 69.8 cm³/mol. The highest BCUT2D eigenvalue weighted by atomic mass is 35.5. The lowest BCUT2D eigenvalue weighted by Crippen LogP contribution is -1.80. The maximum absolute atomic E-state index is 5.39. The van der Waals surface area contributed by atoms with Crippen molar-refractivity contribution in [2.45, 2.75) is 13.8 Å². The lowest BCUT2D eigenvalue weighted by atomic mass is 10.4. The van der Waals surface area contributed by atoms with E-state index in [4.69, 9.17) is 11.5 Å². The number of nitrogens with zero attached hydrogens (tertiary/aromatic N) is 2. The molecule has 0 aliphatic rings. The van der Waals surface area contributed by atoms with Gasteiger partial charge in [0, 0.05) is 16.5 Å². The summed E-state index contributed by atoms with van der Waals surface area (Å²) in [7, 11) is 0. The predicted octanol–water partition coefficient (Wildman–Crippen LogP) is 2.49. The van der Waals surface area contributed by atoms with E-state index >= 15 is 0 Å². The Labute approximate surface area is 103 Å². The number of nitrogens with two attached hydrogens (primary N) is 2. The third-order valence-corrected chi connectivity index (χ3v) is 3.00. The van der Waals surface area contributed by atoms with E-state index in [2.05, 4.69) is 9.97 Å². The maximum Gasteiger partial charge on any atom is 0.180 e. The SMILES string of the molecule is Cc1nc(N)sc1C.Cl.Nc1nccs1. The molecule has 2 aromatic rings. The second-order valence-corrected chi connectivity index (χ2v) is 4.72. The van der Waals surface area contributed by atoms with Gasteiger partial charge < -0.3 is 11.5 Å². The fraction of sp³-hybridized carbons (Fsp3) is 0.250. The second kappa shape index (κ2) is 6.60. The molecule has 0 saturated carbocycles. The van der Waals surface area contributed by atoms with Crippen molar-refractivity contribution < 1.29 is 0 Å². The molecule has 0 atom stereocenters. The van der Waals surface area contributed by atoms with E-state index in [1.165, 1.54) is 27.6 Å². The Kier molecular flexibility index (Phi) is 6.23. The molecule has 15 heavy (non-hydrogen) atoms. The Morgan fingerprint density at radius 2 is 1.87 bits per heavy atom. The summed E-state index contributed by atoms with van der Waals surface area (Å²) in [6, 6.07) is 0. The first-order valence-electron chi connectivity index (χ1n) is 3.94. The summed E-state index contributed by atoms with van der Waals surface area (Å²) in [5.41, 5.74) is 11.6. The maximum atomic E-state index is 5.39. The van der Waals surface area contributed by atoms with Gasteiger partial charge in [0.1, 0.15) is 0 Å². The molecule has 0 saturated heterocycles. The van der Waals surface area contributed by atoms with Crippen molar-refractivity contribution in [1.82, 2.24) is 9.97 Å². The minimum atomic E-state index is 0. The van der Waals surface area contributed by atoms with Crippen LogP contribution in [0.1, 0.15) is 10.6 Å². The van der Waals surface area contributed by atoms with Crippen LogP contribution in [0.5, 0.6) is 0 Å². The Morgan fingerprint density at radius 1 is 1.20 bits per heavy atom. The first-order valence-corrected chi connectivity index (χ1v) is 5.63. The van der Waals surface area contributed by atoms with Crippen LogP contribution >= 0.6 is 35.1 Å². The molecule has 0 amide bonds. The molecule has 2 heterocycles. The van der Waals surface area contributed by atoms with Crippen LogP contribution in [0.15, 0.2) is 11.6 Å². The molecule has 0 spiro atoms. The molecule has 0 fully saturated rings. The Balaban J connectivity index is 0.000000253. The van der Waals surface area contributed by atoms with Crippen molar-refractivity contribution in [3.63, 3.8) is 0 Å². The zero-order valence-corrected chi connectivity index (χ0v) is 10.9. The number of anilines is 2. The molecule has 4 N–H and O–H groups in total. The standard InChI is InChI=1S/C5H8N2S.C3H4N2S.ClH/c1-3-4(2)8-5(6)7-3;4-3-5-1-2-6-3;/h1-2H3,(H2,6,7);1-2H,(H2,4,5);1H. The number of nitrogen functional groups attached to an aromatic ring is 2. The highest BCUT2D eigenvalue weighted by Crippen LogP contribution is 2.16. The van der Waals surface area contributed by atoms with Crippen molar-refractivity contribution in [3.05, 3.63) is 22.1 Å². The van der Waals surface area contributed by atoms with Gasteiger partial charge in [-0.3, -0.25) is 0 Å². The van der Waals surface area contributed by atoms with Crippen molar-refractivity contribution in [2.75, 3.05) is 11.5 Å². The van der Waals surface area contributed by atoms with Gasteiger partial charge in [0.15, 0.2) is 10.3 Å². The van der Waals surface area contributed by atoms with E-state index in [-0.39, 0.29) is 12.4 Å². The van der Waals surface area contributed by atoms with Crippen LogP contribution in [0.3, 0.4) is 0 Å². The summed E-state index contributed by atoms with van der Waals surface area (Å²) in [6.45, 7) is 3.98. The van der Waals surface area contributed by atoms with Gasteiger partial charge >= 0.3 is 0 Å². The van der Waals surface area contributed by atoms with Crippen LogP contribution in [-0.4, -0.2) is 9.97 Å². The van der Waals surface area contributed by atoms with E-state index in [1.807, 2.05) is 19.2 Å². The molecule has 2 aromatic heterocycles. The van der Waals surface area contributed by atoms with Crippen LogP contribution in [0.25, 0.3) is 0 Å². The summed E-state index contributed by atoms with van der Waals surface area (Å²) < 4.78 is 0. The van der Waals surface area contributed by atoms with Gasteiger partial charge in [0.05, 0.1) is 5.69 Å². The third-order valence-electron chi connectivity index (χ3n) is 1.50. The van der Waals surface area contributed by atoms with Crippen molar-refractivity contribution in [3.8, 4) is 0 Å². The highest BCUT2D eigenvalue weighted by Gasteiger charge is 1.96. The minimum Gasteiger partial charge on any atom is -0.375 e. The molecule has 7 heteroatoms. The molecular formula is C8H13ClN4S2. The first kappa shape index (κ1) is 14.2. The van der Waals surface area contributed by atoms with Gasteiger partial charge in [-0.25, -0.2) is 9.97 Å². The Bertz CT molecular complexity index is 366. The van der Waals surface area contributed by atoms with Gasteiger partial charge in [-0.2, -0.15) is 0 Å². The van der Waals surface area contributed by atoms with Crippen LogP contribution in [0.2, 0.25) is 0 Å². The number of aryl methyl sites for hydroxylation is 2. The summed E-state index contributed by atoms with van der Waals surface area (Å²) >= 11 is 2.98. The van der Waals surface area contributed by atoms with E-state index in [0.29, 0.717) is 10.3 Å². The zero-order valence-electron chi connectivity index (χ0n) is 8.43. The second-order valence-electron chi connectivity index (χ2n) is 2.56. The summed E-state index contributed by atoms with van der Waals surface area (Å²) in [6.07, 6.45) is 1.68. The van der Waals surface area contributed by atoms with E-state index in [9.17, 15) is 0 Å². The average molecular weight is 265 g/mol. The number of hydrogen-bond donors (Lipinski definition) is 2. The molecule has 2 rings (SSSR count). The largest absolute Gasteiger partial charge is 0.375 e. The highest BCUT2D eigenvalue weighted by molar-refractivity contribution is 7.15. The fourth-order valence-corrected chi connectivity index (χ4v) is 1.80. The molecule has 0 bridgehead atoms. The average Bonchev–Trinajstić information content (AvgIpc) is 2.65. The van der Waals surface area contributed by atoms with Crippen molar-refractivity contribution in [1.29, 1.82) is 0 Å². The Hall–Kier alpha value is -0.850. The van der Waals surface area contributed by atoms with Crippen LogP contribution in [-0.2, 0) is 0 Å². The summed E-state index contributed by atoms with van der Waals surface area (Å²) in [4.78, 5) is 8.93. The van der Waals surface area contributed by atoms with Crippen LogP contribution in [0.4, 0.5) is 10.3 Å². The zero-order chi connectivity index (χ0) is 10.6. The van der Waals surface area contributed by atoms with Gasteiger partial charge in [-0.05, 0) is 13.8 Å². The Morgan fingerprint density at radius 3 is 2.00 bits per heavy atom.